The molecule has 158 valence electrons. The van der Waals surface area contributed by atoms with Gasteiger partial charge in [0.2, 0.25) is 0 Å². The van der Waals surface area contributed by atoms with E-state index in [2.05, 4.69) is 6.92 Å². The number of fused-ring (bicyclic) bond motifs is 5. The van der Waals surface area contributed by atoms with E-state index in [1.807, 2.05) is 13.0 Å². The monoisotopic (exact) mass is 422 g/mol. The lowest BCUT2D eigenvalue weighted by Gasteiger charge is -2.58. The van der Waals surface area contributed by atoms with Gasteiger partial charge in [-0.25, -0.2) is 4.57 Å². The molecule has 0 aromatic rings. The molecule has 3 N–H and O–H groups in total. The first kappa shape index (κ1) is 20.7. The highest BCUT2D eigenvalue weighted by atomic mass is 31.2. The van der Waals surface area contributed by atoms with Crippen LogP contribution in [0, 0.1) is 28.6 Å². The van der Waals surface area contributed by atoms with E-state index in [-0.39, 0.29) is 34.7 Å². The first-order chi connectivity index (χ1) is 13.5. The molecule has 0 aromatic heterocycles. The van der Waals surface area contributed by atoms with Crippen molar-refractivity contribution in [1.29, 1.82) is 0 Å². The van der Waals surface area contributed by atoms with Crippen molar-refractivity contribution in [2.75, 3.05) is 0 Å². The summed E-state index contributed by atoms with van der Waals surface area (Å²) in [6.45, 7) is 4.06. The zero-order valence-corrected chi connectivity index (χ0v) is 17.5. The number of carbonyl (C=O) groups excluding carboxylic acids is 2. The molecule has 0 unspecified atom stereocenters. The van der Waals surface area contributed by atoms with Crippen LogP contribution in [-0.2, 0) is 18.7 Å². The van der Waals surface area contributed by atoms with Gasteiger partial charge in [-0.05, 0) is 67.1 Å². The molecule has 3 saturated carbocycles. The lowest BCUT2D eigenvalue weighted by Crippen LogP contribution is -2.55. The zero-order valence-electron chi connectivity index (χ0n) is 16.6. The van der Waals surface area contributed by atoms with Crippen molar-refractivity contribution in [3.05, 3.63) is 35.1 Å². The standard InChI is InChI=1S/C21H27O7P/c1-20-8-7-13(23)9-12(20)3-4-14-15-5-6-16(18(11-22)28-29(25,26)27)21(15,2)10-17(24)19(14)20/h7-9,11,14-15,17,19,24H,3-6,10H2,1-2H3,(H2,25,26,27)/b18-16+/t14-,15-,17-,19+,20-,21-/m0/s1. The van der Waals surface area contributed by atoms with Crippen molar-refractivity contribution in [1.82, 2.24) is 0 Å². The second-order valence-corrected chi connectivity index (χ2v) is 10.5. The molecule has 7 nitrogen and oxygen atoms in total. The van der Waals surface area contributed by atoms with Gasteiger partial charge >= 0.3 is 7.82 Å². The van der Waals surface area contributed by atoms with Gasteiger partial charge < -0.3 is 9.63 Å². The number of allylic oxidation sites excluding steroid dienone is 6. The fraction of sp³-hybridized carbons (Fsp3) is 0.619. The summed E-state index contributed by atoms with van der Waals surface area (Å²) < 4.78 is 16.0. The van der Waals surface area contributed by atoms with Crippen LogP contribution in [-0.4, -0.2) is 33.1 Å². The summed E-state index contributed by atoms with van der Waals surface area (Å²) in [5.41, 5.74) is 0.734. The van der Waals surface area contributed by atoms with E-state index in [1.165, 1.54) is 0 Å². The Labute approximate surface area is 169 Å². The van der Waals surface area contributed by atoms with E-state index in [0.29, 0.717) is 24.7 Å². The molecule has 3 fully saturated rings. The molecule has 0 amide bonds. The number of phosphoric acid groups is 1. The molecule has 0 radical (unpaired) electrons. The molecule has 0 aliphatic heterocycles. The minimum Gasteiger partial charge on any atom is -0.401 e. The van der Waals surface area contributed by atoms with Crippen molar-refractivity contribution in [2.24, 2.45) is 28.6 Å². The van der Waals surface area contributed by atoms with Crippen LogP contribution in [0.15, 0.2) is 35.1 Å². The number of ketones is 1. The number of hydrogen-bond acceptors (Lipinski definition) is 5. The molecule has 29 heavy (non-hydrogen) atoms. The van der Waals surface area contributed by atoms with Gasteiger partial charge in [0.25, 0.3) is 0 Å². The molecule has 6 atom stereocenters. The average Bonchev–Trinajstić information content (AvgIpc) is 2.95. The Bertz CT molecular complexity index is 897. The maximum Gasteiger partial charge on any atom is 0.524 e. The third kappa shape index (κ3) is 3.19. The number of phosphoric ester groups is 1. The van der Waals surface area contributed by atoms with Crippen molar-refractivity contribution >= 4 is 19.9 Å². The van der Waals surface area contributed by atoms with Gasteiger partial charge in [-0.1, -0.05) is 25.5 Å². The maximum absolute atomic E-state index is 11.9. The van der Waals surface area contributed by atoms with Crippen molar-refractivity contribution in [3.63, 3.8) is 0 Å². The fourth-order valence-electron chi connectivity index (χ4n) is 6.82. The van der Waals surface area contributed by atoms with Gasteiger partial charge in [-0.15, -0.1) is 0 Å². The Morgan fingerprint density at radius 3 is 2.66 bits per heavy atom. The quantitative estimate of drug-likeness (QED) is 0.277. The highest BCUT2D eigenvalue weighted by molar-refractivity contribution is 7.46. The summed E-state index contributed by atoms with van der Waals surface area (Å²) in [7, 11) is -4.85. The second kappa shape index (κ2) is 6.74. The van der Waals surface area contributed by atoms with Gasteiger partial charge in [0, 0.05) is 11.3 Å². The number of aliphatic hydroxyl groups excluding tert-OH is 1. The minimum atomic E-state index is -4.85. The molecule has 0 saturated heterocycles. The van der Waals surface area contributed by atoms with Crippen LogP contribution < -0.4 is 0 Å². The summed E-state index contributed by atoms with van der Waals surface area (Å²) in [5.74, 6) is 0.0172. The predicted molar refractivity (Wildman–Crippen MR) is 104 cm³/mol. The van der Waals surface area contributed by atoms with E-state index in [1.54, 1.807) is 12.2 Å². The van der Waals surface area contributed by atoms with Crippen LogP contribution in [0.5, 0.6) is 0 Å². The minimum absolute atomic E-state index is 0.0117. The Kier molecular flexibility index (Phi) is 4.82. The first-order valence-electron chi connectivity index (χ1n) is 10.1. The fourth-order valence-corrected chi connectivity index (χ4v) is 7.23. The van der Waals surface area contributed by atoms with E-state index in [4.69, 9.17) is 4.52 Å². The Balaban J connectivity index is 1.74. The Morgan fingerprint density at radius 2 is 2.00 bits per heavy atom. The van der Waals surface area contributed by atoms with Crippen molar-refractivity contribution < 1.29 is 33.6 Å². The van der Waals surface area contributed by atoms with Gasteiger partial charge in [0.05, 0.1) is 6.10 Å². The third-order valence-electron chi connectivity index (χ3n) is 7.90. The topological polar surface area (TPSA) is 121 Å². The molecule has 4 aliphatic carbocycles. The zero-order chi connectivity index (χ0) is 21.2. The Morgan fingerprint density at radius 1 is 1.28 bits per heavy atom. The molecule has 0 aromatic carbocycles. The van der Waals surface area contributed by atoms with Crippen molar-refractivity contribution in [2.45, 2.75) is 52.1 Å². The summed E-state index contributed by atoms with van der Waals surface area (Å²) in [6, 6.07) is 0. The molecular formula is C21H27O7P. The van der Waals surface area contributed by atoms with Gasteiger partial charge in [-0.3, -0.25) is 19.4 Å². The number of aliphatic hydroxyl groups is 1. The molecule has 0 heterocycles. The summed E-state index contributed by atoms with van der Waals surface area (Å²) >= 11 is 0. The molecule has 4 rings (SSSR count). The van der Waals surface area contributed by atoms with Crippen LogP contribution in [0.4, 0.5) is 0 Å². The van der Waals surface area contributed by atoms with Gasteiger partial charge in [-0.2, -0.15) is 0 Å². The third-order valence-corrected chi connectivity index (χ3v) is 8.34. The van der Waals surface area contributed by atoms with Crippen LogP contribution >= 0.6 is 7.82 Å². The maximum atomic E-state index is 11.9. The van der Waals surface area contributed by atoms with E-state index in [0.717, 1.165) is 24.8 Å². The van der Waals surface area contributed by atoms with Crippen LogP contribution in [0.25, 0.3) is 0 Å². The van der Waals surface area contributed by atoms with Crippen LogP contribution in [0.3, 0.4) is 0 Å². The summed E-state index contributed by atoms with van der Waals surface area (Å²) in [5, 5.41) is 11.2. The molecule has 0 bridgehead atoms. The van der Waals surface area contributed by atoms with Crippen molar-refractivity contribution in [3.8, 4) is 0 Å². The highest BCUT2D eigenvalue weighted by Gasteiger charge is 2.61. The number of hydrogen-bond donors (Lipinski definition) is 3. The van der Waals surface area contributed by atoms with E-state index in [9.17, 15) is 29.0 Å². The molecule has 4 aliphatic rings. The molecule has 8 heteroatoms. The average molecular weight is 422 g/mol. The predicted octanol–water partition coefficient (Wildman–Crippen LogP) is 2.83. The summed E-state index contributed by atoms with van der Waals surface area (Å²) in [6.07, 6.45) is 8.24. The smallest absolute Gasteiger partial charge is 0.401 e. The summed E-state index contributed by atoms with van der Waals surface area (Å²) in [4.78, 5) is 41.8. The lowest BCUT2D eigenvalue weighted by atomic mass is 9.47. The molecular weight excluding hydrogens is 395 g/mol. The Hall–Kier alpha value is -1.53. The number of rotatable bonds is 3. The second-order valence-electron chi connectivity index (χ2n) is 9.29. The normalized spacial score (nSPS) is 43.1. The van der Waals surface area contributed by atoms with Gasteiger partial charge in [0.15, 0.2) is 17.8 Å². The highest BCUT2D eigenvalue weighted by Crippen LogP contribution is 2.66. The van der Waals surface area contributed by atoms with E-state index < -0.39 is 19.3 Å². The SMILES string of the molecule is C[C@]12C=CC(=O)C=C1CC[C@@H]1[C@@H]2[C@@H](O)C[C@]2(C)/C(=C(\C=O)OP(=O)(O)O)CC[C@@H]12. The van der Waals surface area contributed by atoms with Crippen LogP contribution in [0.2, 0.25) is 0 Å². The number of aldehydes is 1. The van der Waals surface area contributed by atoms with Crippen LogP contribution in [0.1, 0.15) is 46.0 Å². The first-order valence-corrected chi connectivity index (χ1v) is 11.6. The molecule has 0 spiro atoms. The lowest BCUT2D eigenvalue weighted by molar-refractivity contribution is -0.112. The largest absolute Gasteiger partial charge is 0.524 e. The number of carbonyl (C=O) groups is 2. The van der Waals surface area contributed by atoms with E-state index >= 15 is 0 Å². The van der Waals surface area contributed by atoms with Gasteiger partial charge in [0.1, 0.15) is 0 Å².